The lowest BCUT2D eigenvalue weighted by molar-refractivity contribution is 0.702. The first-order valence-corrected chi connectivity index (χ1v) is 6.69. The highest BCUT2D eigenvalue weighted by Crippen LogP contribution is 2.14. The lowest BCUT2D eigenvalue weighted by Crippen LogP contribution is -2.17. The van der Waals surface area contributed by atoms with Gasteiger partial charge in [-0.3, -0.25) is 0 Å². The Bertz CT molecular complexity index is 523. The number of rotatable bonds is 5. The molecule has 3 nitrogen and oxygen atoms in total. The largest absolute Gasteiger partial charge is 0.397 e. The first-order valence-electron chi connectivity index (χ1n) is 6.69. The molecule has 0 fully saturated rings. The molecule has 1 atom stereocenters. The quantitative estimate of drug-likeness (QED) is 0.861. The summed E-state index contributed by atoms with van der Waals surface area (Å²) in [5, 5.41) is 3.41. The summed E-state index contributed by atoms with van der Waals surface area (Å²) in [5.74, 6) is 0.896. The molecule has 2 rings (SSSR count). The summed E-state index contributed by atoms with van der Waals surface area (Å²) in [6.45, 7) is 4.10. The van der Waals surface area contributed by atoms with Crippen molar-refractivity contribution in [1.82, 2.24) is 4.98 Å². The third-order valence-corrected chi connectivity index (χ3v) is 3.23. The van der Waals surface area contributed by atoms with E-state index in [0.717, 1.165) is 30.0 Å². The van der Waals surface area contributed by atoms with E-state index in [-0.39, 0.29) is 0 Å². The van der Waals surface area contributed by atoms with Crippen molar-refractivity contribution >= 4 is 11.5 Å². The Labute approximate surface area is 114 Å². The number of pyridine rings is 1. The van der Waals surface area contributed by atoms with Crippen LogP contribution in [-0.2, 0) is 6.42 Å². The molecule has 1 aromatic heterocycles. The molecule has 1 unspecified atom stereocenters. The Morgan fingerprint density at radius 2 is 1.89 bits per heavy atom. The van der Waals surface area contributed by atoms with E-state index in [0.29, 0.717) is 6.04 Å². The van der Waals surface area contributed by atoms with Crippen LogP contribution in [0.15, 0.2) is 42.5 Å². The van der Waals surface area contributed by atoms with Gasteiger partial charge >= 0.3 is 0 Å². The maximum atomic E-state index is 5.76. The van der Waals surface area contributed by atoms with Gasteiger partial charge in [-0.25, -0.2) is 4.98 Å². The fraction of sp³-hybridized carbons (Fsp3) is 0.312. The third-order valence-electron chi connectivity index (χ3n) is 3.23. The maximum absolute atomic E-state index is 5.76. The average molecular weight is 255 g/mol. The van der Waals surface area contributed by atoms with Crippen molar-refractivity contribution in [2.75, 3.05) is 11.1 Å². The Morgan fingerprint density at radius 3 is 2.58 bits per heavy atom. The van der Waals surface area contributed by atoms with Crippen LogP contribution in [0.5, 0.6) is 0 Å². The van der Waals surface area contributed by atoms with E-state index in [1.54, 1.807) is 0 Å². The molecule has 0 aliphatic rings. The summed E-state index contributed by atoms with van der Waals surface area (Å²) in [7, 11) is 0. The van der Waals surface area contributed by atoms with E-state index < -0.39 is 0 Å². The van der Waals surface area contributed by atoms with Crippen LogP contribution in [0, 0.1) is 6.92 Å². The normalized spacial score (nSPS) is 12.1. The van der Waals surface area contributed by atoms with Crippen LogP contribution in [0.2, 0.25) is 0 Å². The molecule has 19 heavy (non-hydrogen) atoms. The zero-order valence-electron chi connectivity index (χ0n) is 11.6. The van der Waals surface area contributed by atoms with Crippen molar-refractivity contribution in [3.8, 4) is 0 Å². The molecule has 100 valence electrons. The first-order chi connectivity index (χ1) is 9.15. The summed E-state index contributed by atoms with van der Waals surface area (Å²) in [5.41, 5.74) is 8.75. The molecule has 0 amide bonds. The second kappa shape index (κ2) is 6.23. The van der Waals surface area contributed by atoms with Crippen molar-refractivity contribution < 1.29 is 0 Å². The zero-order chi connectivity index (χ0) is 13.7. The molecule has 0 saturated heterocycles. The molecule has 3 N–H and O–H groups in total. The number of nitrogens with zero attached hydrogens (tertiary/aromatic N) is 1. The molecule has 0 radical (unpaired) electrons. The van der Waals surface area contributed by atoms with Gasteiger partial charge in [0.1, 0.15) is 5.82 Å². The Balaban J connectivity index is 1.87. The van der Waals surface area contributed by atoms with E-state index in [1.807, 2.05) is 25.1 Å². The predicted molar refractivity (Wildman–Crippen MR) is 81.2 cm³/mol. The van der Waals surface area contributed by atoms with E-state index >= 15 is 0 Å². The molecule has 1 heterocycles. The fourth-order valence-electron chi connectivity index (χ4n) is 2.00. The molecule has 0 spiro atoms. The van der Waals surface area contributed by atoms with Gasteiger partial charge in [0.2, 0.25) is 0 Å². The number of hydrogen-bond acceptors (Lipinski definition) is 3. The van der Waals surface area contributed by atoms with E-state index in [1.165, 1.54) is 5.56 Å². The second-order valence-corrected chi connectivity index (χ2v) is 4.94. The van der Waals surface area contributed by atoms with Gasteiger partial charge in [-0.05, 0) is 44.4 Å². The second-order valence-electron chi connectivity index (χ2n) is 4.94. The number of nitrogen functional groups attached to an aromatic ring is 1. The van der Waals surface area contributed by atoms with Crippen LogP contribution >= 0.6 is 0 Å². The van der Waals surface area contributed by atoms with Crippen LogP contribution < -0.4 is 11.1 Å². The molecule has 0 aliphatic heterocycles. The van der Waals surface area contributed by atoms with E-state index in [2.05, 4.69) is 41.5 Å². The first kappa shape index (κ1) is 13.4. The lowest BCUT2D eigenvalue weighted by atomic mass is 10.1. The van der Waals surface area contributed by atoms with Crippen LogP contribution in [0.4, 0.5) is 11.5 Å². The summed E-state index contributed by atoms with van der Waals surface area (Å²) < 4.78 is 0. The smallest absolute Gasteiger partial charge is 0.126 e. The predicted octanol–water partition coefficient (Wildman–Crippen LogP) is 3.41. The number of aromatic nitrogens is 1. The van der Waals surface area contributed by atoms with Gasteiger partial charge in [-0.1, -0.05) is 30.3 Å². The van der Waals surface area contributed by atoms with Crippen molar-refractivity contribution in [3.63, 3.8) is 0 Å². The highest BCUT2D eigenvalue weighted by Gasteiger charge is 2.04. The Hall–Kier alpha value is -2.03. The van der Waals surface area contributed by atoms with Gasteiger partial charge in [0.05, 0.1) is 11.4 Å². The van der Waals surface area contributed by atoms with Gasteiger partial charge in [0.25, 0.3) is 0 Å². The van der Waals surface area contributed by atoms with Crippen LogP contribution in [-0.4, -0.2) is 11.0 Å². The van der Waals surface area contributed by atoms with Crippen molar-refractivity contribution in [3.05, 3.63) is 53.7 Å². The van der Waals surface area contributed by atoms with Crippen LogP contribution in [0.3, 0.4) is 0 Å². The fourth-order valence-corrected chi connectivity index (χ4v) is 2.00. The lowest BCUT2D eigenvalue weighted by Gasteiger charge is -2.15. The molecular formula is C16H21N3. The van der Waals surface area contributed by atoms with Crippen LogP contribution in [0.25, 0.3) is 0 Å². The van der Waals surface area contributed by atoms with Gasteiger partial charge < -0.3 is 11.1 Å². The molecular weight excluding hydrogens is 234 g/mol. The molecule has 2 aromatic rings. The molecule has 0 saturated carbocycles. The minimum atomic E-state index is 0.385. The zero-order valence-corrected chi connectivity index (χ0v) is 11.6. The Kier molecular flexibility index (Phi) is 4.39. The minimum absolute atomic E-state index is 0.385. The maximum Gasteiger partial charge on any atom is 0.126 e. The molecule has 1 aromatic carbocycles. The SMILES string of the molecule is Cc1nc(NC(C)CCc2ccccc2)ccc1N. The van der Waals surface area contributed by atoms with Gasteiger partial charge in [-0.2, -0.15) is 0 Å². The van der Waals surface area contributed by atoms with Gasteiger partial charge in [0, 0.05) is 6.04 Å². The number of aryl methyl sites for hydroxylation is 2. The molecule has 3 heteroatoms. The highest BCUT2D eigenvalue weighted by atomic mass is 15.0. The van der Waals surface area contributed by atoms with Crippen LogP contribution in [0.1, 0.15) is 24.6 Å². The molecule has 0 bridgehead atoms. The monoisotopic (exact) mass is 255 g/mol. The number of nitrogens with two attached hydrogens (primary N) is 1. The standard InChI is InChI=1S/C16H21N3/c1-12(8-9-14-6-4-3-5-7-14)18-16-11-10-15(17)13(2)19-16/h3-7,10-12H,8-9,17H2,1-2H3,(H,18,19). The highest BCUT2D eigenvalue weighted by molar-refractivity contribution is 5.49. The van der Waals surface area contributed by atoms with E-state index in [9.17, 15) is 0 Å². The third kappa shape index (κ3) is 3.98. The number of nitrogens with one attached hydrogen (secondary N) is 1. The topological polar surface area (TPSA) is 50.9 Å². The number of benzene rings is 1. The summed E-state index contributed by atoms with van der Waals surface area (Å²) in [4.78, 5) is 4.43. The minimum Gasteiger partial charge on any atom is -0.397 e. The number of hydrogen-bond donors (Lipinski definition) is 2. The van der Waals surface area contributed by atoms with E-state index in [4.69, 9.17) is 5.73 Å². The number of anilines is 2. The van der Waals surface area contributed by atoms with Gasteiger partial charge in [-0.15, -0.1) is 0 Å². The molecule has 0 aliphatic carbocycles. The van der Waals surface area contributed by atoms with Gasteiger partial charge in [0.15, 0.2) is 0 Å². The Morgan fingerprint density at radius 1 is 1.16 bits per heavy atom. The summed E-state index contributed by atoms with van der Waals surface area (Å²) >= 11 is 0. The van der Waals surface area contributed by atoms with Crippen molar-refractivity contribution in [1.29, 1.82) is 0 Å². The van der Waals surface area contributed by atoms with Crippen molar-refractivity contribution in [2.45, 2.75) is 32.7 Å². The summed E-state index contributed by atoms with van der Waals surface area (Å²) in [6.07, 6.45) is 2.15. The van der Waals surface area contributed by atoms with Crippen molar-refractivity contribution in [2.24, 2.45) is 0 Å². The average Bonchev–Trinajstić information content (AvgIpc) is 2.42. The summed E-state index contributed by atoms with van der Waals surface area (Å²) in [6, 6.07) is 14.8.